The summed E-state index contributed by atoms with van der Waals surface area (Å²) in [6.07, 6.45) is 1.65. The van der Waals surface area contributed by atoms with E-state index in [2.05, 4.69) is 21.7 Å². The van der Waals surface area contributed by atoms with Gasteiger partial charge in [-0.25, -0.2) is 4.98 Å². The lowest BCUT2D eigenvalue weighted by atomic mass is 9.96. The number of fused-ring (bicyclic) bond motifs is 1. The molecule has 4 rings (SSSR count). The van der Waals surface area contributed by atoms with E-state index in [9.17, 15) is 0 Å². The fourth-order valence-corrected chi connectivity index (χ4v) is 4.12. The lowest BCUT2D eigenvalue weighted by Crippen LogP contribution is -2.35. The molecule has 1 aliphatic heterocycles. The van der Waals surface area contributed by atoms with Gasteiger partial charge in [-0.3, -0.25) is 0 Å². The summed E-state index contributed by atoms with van der Waals surface area (Å²) in [7, 11) is 0. The quantitative estimate of drug-likeness (QED) is 0.585. The first kappa shape index (κ1) is 17.8. The van der Waals surface area contributed by atoms with Crippen molar-refractivity contribution in [2.24, 2.45) is 11.7 Å². The summed E-state index contributed by atoms with van der Waals surface area (Å²) in [5.74, 6) is 1.46. The van der Waals surface area contributed by atoms with Gasteiger partial charge in [0.25, 0.3) is 0 Å². The van der Waals surface area contributed by atoms with Crippen LogP contribution < -0.4 is 11.1 Å². The van der Waals surface area contributed by atoms with Crippen molar-refractivity contribution in [1.82, 2.24) is 4.98 Å². The highest BCUT2D eigenvalue weighted by Gasteiger charge is 2.24. The number of hydrogen-bond donors (Lipinski definition) is 2. The maximum Gasteiger partial charge on any atom is 0.176 e. The molecule has 1 atom stereocenters. The van der Waals surface area contributed by atoms with Crippen molar-refractivity contribution >= 4 is 39.7 Å². The average molecular weight is 392 g/mol. The number of thiophene rings is 1. The van der Waals surface area contributed by atoms with Gasteiger partial charge in [-0.1, -0.05) is 17.7 Å². The second kappa shape index (κ2) is 7.56. The van der Waals surface area contributed by atoms with Gasteiger partial charge >= 0.3 is 0 Å². The van der Waals surface area contributed by atoms with Crippen LogP contribution in [0.1, 0.15) is 22.6 Å². The average Bonchev–Trinajstić information content (AvgIpc) is 3.19. The number of anilines is 1. The van der Waals surface area contributed by atoms with Gasteiger partial charge in [0, 0.05) is 41.4 Å². The third kappa shape index (κ3) is 3.74. The summed E-state index contributed by atoms with van der Waals surface area (Å²) in [6.45, 7) is 4.39. The van der Waals surface area contributed by atoms with Gasteiger partial charge < -0.3 is 20.2 Å². The Morgan fingerprint density at radius 2 is 2.31 bits per heavy atom. The standard InChI is InChI=1S/C19H22ClN3O2S/c1-11-16(6-13(21)5-12-9-24-10-12)25-19-15(7-17(20)23-18(11)19)22-8-14-3-2-4-26-14/h2-4,7,12-13H,5-6,8-10,21H2,1H3,(H,22,23). The Morgan fingerprint density at radius 1 is 1.46 bits per heavy atom. The van der Waals surface area contributed by atoms with E-state index >= 15 is 0 Å². The van der Waals surface area contributed by atoms with Crippen LogP contribution in [-0.2, 0) is 17.7 Å². The topological polar surface area (TPSA) is 73.3 Å². The highest BCUT2D eigenvalue weighted by Crippen LogP contribution is 2.33. The Hall–Kier alpha value is -1.60. The van der Waals surface area contributed by atoms with Crippen LogP contribution in [-0.4, -0.2) is 24.2 Å². The molecule has 0 radical (unpaired) electrons. The minimum atomic E-state index is 0.0566. The molecule has 26 heavy (non-hydrogen) atoms. The van der Waals surface area contributed by atoms with Crippen molar-refractivity contribution in [1.29, 1.82) is 0 Å². The van der Waals surface area contributed by atoms with Gasteiger partial charge in [0.2, 0.25) is 0 Å². The fraction of sp³-hybridized carbons (Fsp3) is 0.421. The van der Waals surface area contributed by atoms with E-state index in [1.165, 1.54) is 4.88 Å². The molecule has 1 unspecified atom stereocenters. The van der Waals surface area contributed by atoms with E-state index in [0.717, 1.165) is 54.3 Å². The molecule has 0 saturated carbocycles. The summed E-state index contributed by atoms with van der Waals surface area (Å²) in [5, 5.41) is 5.94. The summed E-state index contributed by atoms with van der Waals surface area (Å²) >= 11 is 7.95. The Labute approximate surface area is 161 Å². The van der Waals surface area contributed by atoms with Gasteiger partial charge in [0.05, 0.1) is 18.9 Å². The lowest BCUT2D eigenvalue weighted by Gasteiger charge is -2.28. The van der Waals surface area contributed by atoms with E-state index in [4.69, 9.17) is 26.5 Å². The van der Waals surface area contributed by atoms with E-state index in [-0.39, 0.29) is 6.04 Å². The number of ether oxygens (including phenoxy) is 1. The highest BCUT2D eigenvalue weighted by molar-refractivity contribution is 7.09. The van der Waals surface area contributed by atoms with Crippen LogP contribution in [0.4, 0.5) is 5.69 Å². The maximum absolute atomic E-state index is 6.32. The van der Waals surface area contributed by atoms with Crippen LogP contribution in [0.5, 0.6) is 0 Å². The zero-order valence-electron chi connectivity index (χ0n) is 14.6. The normalized spacial score (nSPS) is 16.0. The van der Waals surface area contributed by atoms with Crippen molar-refractivity contribution in [2.45, 2.75) is 32.4 Å². The van der Waals surface area contributed by atoms with Crippen LogP contribution in [0, 0.1) is 12.8 Å². The summed E-state index contributed by atoms with van der Waals surface area (Å²) in [4.78, 5) is 5.72. The molecule has 0 spiro atoms. The molecule has 4 heterocycles. The molecule has 0 amide bonds. The molecule has 1 aliphatic rings. The Kier molecular flexibility index (Phi) is 5.18. The Morgan fingerprint density at radius 3 is 3.00 bits per heavy atom. The molecule has 138 valence electrons. The summed E-state index contributed by atoms with van der Waals surface area (Å²) < 4.78 is 11.4. The molecule has 1 fully saturated rings. The van der Waals surface area contributed by atoms with Crippen molar-refractivity contribution in [3.8, 4) is 0 Å². The largest absolute Gasteiger partial charge is 0.457 e. The van der Waals surface area contributed by atoms with Crippen LogP contribution in [0.3, 0.4) is 0 Å². The van der Waals surface area contributed by atoms with Gasteiger partial charge in [0.15, 0.2) is 5.58 Å². The van der Waals surface area contributed by atoms with Gasteiger partial charge in [-0.2, -0.15) is 0 Å². The third-order valence-electron chi connectivity index (χ3n) is 4.76. The minimum Gasteiger partial charge on any atom is -0.457 e. The van der Waals surface area contributed by atoms with E-state index in [1.54, 1.807) is 11.3 Å². The van der Waals surface area contributed by atoms with Crippen molar-refractivity contribution < 1.29 is 9.15 Å². The Bertz CT molecular complexity index is 890. The van der Waals surface area contributed by atoms with Crippen LogP contribution in [0.15, 0.2) is 28.0 Å². The van der Waals surface area contributed by atoms with Crippen molar-refractivity contribution in [3.63, 3.8) is 0 Å². The van der Waals surface area contributed by atoms with E-state index in [1.807, 2.05) is 19.1 Å². The number of aromatic nitrogens is 1. The maximum atomic E-state index is 6.32. The lowest BCUT2D eigenvalue weighted by molar-refractivity contribution is -0.0383. The molecular formula is C19H22ClN3O2S. The predicted octanol–water partition coefficient (Wildman–Crippen LogP) is 4.37. The number of halogens is 1. The number of rotatable bonds is 7. The minimum absolute atomic E-state index is 0.0566. The zero-order valence-corrected chi connectivity index (χ0v) is 16.2. The van der Waals surface area contributed by atoms with Crippen LogP contribution in [0.2, 0.25) is 5.15 Å². The second-order valence-corrected chi connectivity index (χ2v) is 8.28. The second-order valence-electron chi connectivity index (χ2n) is 6.86. The van der Waals surface area contributed by atoms with Crippen LogP contribution in [0.25, 0.3) is 11.1 Å². The molecule has 0 aromatic carbocycles. The molecule has 5 nitrogen and oxygen atoms in total. The van der Waals surface area contributed by atoms with E-state index in [0.29, 0.717) is 17.5 Å². The number of nitrogens with two attached hydrogens (primary N) is 1. The van der Waals surface area contributed by atoms with Gasteiger partial charge in [0.1, 0.15) is 16.4 Å². The molecule has 0 bridgehead atoms. The summed E-state index contributed by atoms with van der Waals surface area (Å²) in [5.41, 5.74) is 9.76. The SMILES string of the molecule is Cc1c(CC(N)CC2COC2)oc2c(NCc3cccs3)cc(Cl)nc12. The van der Waals surface area contributed by atoms with Crippen LogP contribution >= 0.6 is 22.9 Å². The molecule has 3 aromatic heterocycles. The van der Waals surface area contributed by atoms with Gasteiger partial charge in [-0.05, 0) is 24.8 Å². The highest BCUT2D eigenvalue weighted by atomic mass is 35.5. The number of nitrogens with one attached hydrogen (secondary N) is 1. The van der Waals surface area contributed by atoms with Crippen molar-refractivity contribution in [3.05, 3.63) is 44.9 Å². The van der Waals surface area contributed by atoms with E-state index < -0.39 is 0 Å². The molecular weight excluding hydrogens is 370 g/mol. The number of nitrogens with zero attached hydrogens (tertiary/aromatic N) is 1. The number of hydrogen-bond acceptors (Lipinski definition) is 6. The molecule has 3 N–H and O–H groups in total. The Balaban J connectivity index is 1.57. The smallest absolute Gasteiger partial charge is 0.176 e. The first-order chi connectivity index (χ1) is 12.6. The first-order valence-electron chi connectivity index (χ1n) is 8.78. The van der Waals surface area contributed by atoms with Crippen molar-refractivity contribution in [2.75, 3.05) is 18.5 Å². The third-order valence-corrected chi connectivity index (χ3v) is 5.83. The molecule has 3 aromatic rings. The zero-order chi connectivity index (χ0) is 18.1. The molecule has 7 heteroatoms. The molecule has 1 saturated heterocycles. The number of furan rings is 1. The number of pyridine rings is 1. The first-order valence-corrected chi connectivity index (χ1v) is 10.0. The number of aryl methyl sites for hydroxylation is 1. The van der Waals surface area contributed by atoms with Gasteiger partial charge in [-0.15, -0.1) is 11.3 Å². The fourth-order valence-electron chi connectivity index (χ4n) is 3.28. The summed E-state index contributed by atoms with van der Waals surface area (Å²) in [6, 6.07) is 6.01. The molecule has 0 aliphatic carbocycles. The predicted molar refractivity (Wildman–Crippen MR) is 106 cm³/mol. The monoisotopic (exact) mass is 391 g/mol.